The molecule has 0 atom stereocenters. The smallest absolute Gasteiger partial charge is 0.416 e. The summed E-state index contributed by atoms with van der Waals surface area (Å²) in [6, 6.07) is 16.9. The van der Waals surface area contributed by atoms with Gasteiger partial charge < -0.3 is 19.7 Å². The van der Waals surface area contributed by atoms with Gasteiger partial charge in [-0.2, -0.15) is 13.2 Å². The van der Waals surface area contributed by atoms with E-state index in [4.69, 9.17) is 9.47 Å². The standard InChI is InChI=1S/C27H23F3N2O4/c28-27(29,30)19-7-5-17(6-8-19)21-3-1-2-4-22(21)26(34)32-13-11-18(12-14-32)25(33)31-20-9-10-23-24(15-20)36-16-35-23/h1-10,15,18H,11-14,16H2,(H,31,33). The van der Waals surface area contributed by atoms with E-state index in [1.165, 1.54) is 12.1 Å². The molecule has 2 heterocycles. The number of amides is 2. The third kappa shape index (κ3) is 4.86. The molecule has 0 bridgehead atoms. The number of rotatable bonds is 4. The van der Waals surface area contributed by atoms with E-state index in [2.05, 4.69) is 5.32 Å². The molecule has 0 aromatic heterocycles. The first-order chi connectivity index (χ1) is 17.3. The average molecular weight is 496 g/mol. The summed E-state index contributed by atoms with van der Waals surface area (Å²) in [5.41, 5.74) is 1.40. The summed E-state index contributed by atoms with van der Waals surface area (Å²) in [4.78, 5) is 27.8. The van der Waals surface area contributed by atoms with E-state index in [1.54, 1.807) is 47.4 Å². The highest BCUT2D eigenvalue weighted by Gasteiger charge is 2.31. The van der Waals surface area contributed by atoms with Crippen LogP contribution in [0.4, 0.5) is 18.9 Å². The number of alkyl halides is 3. The second kappa shape index (κ2) is 9.56. The summed E-state index contributed by atoms with van der Waals surface area (Å²) in [6.45, 7) is 0.958. The van der Waals surface area contributed by atoms with Gasteiger partial charge in [0.05, 0.1) is 5.56 Å². The fourth-order valence-electron chi connectivity index (χ4n) is 4.49. The van der Waals surface area contributed by atoms with Crippen molar-refractivity contribution in [3.05, 3.63) is 77.9 Å². The van der Waals surface area contributed by atoms with Crippen LogP contribution in [0.2, 0.25) is 0 Å². The molecule has 1 N–H and O–H groups in total. The molecule has 5 rings (SSSR count). The average Bonchev–Trinajstić information content (AvgIpc) is 3.36. The van der Waals surface area contributed by atoms with Gasteiger partial charge in [-0.15, -0.1) is 0 Å². The number of carbonyl (C=O) groups is 2. The zero-order valence-electron chi connectivity index (χ0n) is 19.2. The number of carbonyl (C=O) groups excluding carboxylic acids is 2. The normalized spacial score (nSPS) is 15.6. The fraction of sp³-hybridized carbons (Fsp3) is 0.259. The maximum absolute atomic E-state index is 13.3. The van der Waals surface area contributed by atoms with Crippen molar-refractivity contribution in [3.8, 4) is 22.6 Å². The van der Waals surface area contributed by atoms with Gasteiger partial charge in [-0.25, -0.2) is 0 Å². The molecule has 36 heavy (non-hydrogen) atoms. The largest absolute Gasteiger partial charge is 0.454 e. The van der Waals surface area contributed by atoms with Crippen molar-refractivity contribution < 1.29 is 32.2 Å². The lowest BCUT2D eigenvalue weighted by molar-refractivity contribution is -0.137. The van der Waals surface area contributed by atoms with Crippen LogP contribution in [0.15, 0.2) is 66.7 Å². The van der Waals surface area contributed by atoms with Gasteiger partial charge >= 0.3 is 6.18 Å². The van der Waals surface area contributed by atoms with Crippen LogP contribution >= 0.6 is 0 Å². The first-order valence-electron chi connectivity index (χ1n) is 11.6. The van der Waals surface area contributed by atoms with Crippen LogP contribution in [0.3, 0.4) is 0 Å². The topological polar surface area (TPSA) is 67.9 Å². The SMILES string of the molecule is O=C(Nc1ccc2c(c1)OCO2)C1CCN(C(=O)c2ccccc2-c2ccc(C(F)(F)F)cc2)CC1. The molecule has 2 amide bonds. The van der Waals surface area contributed by atoms with Crippen molar-refractivity contribution >= 4 is 17.5 Å². The van der Waals surface area contributed by atoms with Gasteiger partial charge in [0, 0.05) is 36.3 Å². The second-order valence-corrected chi connectivity index (χ2v) is 8.74. The molecular weight excluding hydrogens is 473 g/mol. The highest BCUT2D eigenvalue weighted by Crippen LogP contribution is 2.35. The van der Waals surface area contributed by atoms with Crippen molar-refractivity contribution in [2.45, 2.75) is 19.0 Å². The summed E-state index contributed by atoms with van der Waals surface area (Å²) in [7, 11) is 0. The lowest BCUT2D eigenvalue weighted by atomic mass is 9.93. The molecule has 0 spiro atoms. The predicted molar refractivity (Wildman–Crippen MR) is 127 cm³/mol. The van der Waals surface area contributed by atoms with E-state index in [1.807, 2.05) is 0 Å². The Morgan fingerprint density at radius 1 is 0.889 bits per heavy atom. The summed E-state index contributed by atoms with van der Waals surface area (Å²) < 4.78 is 49.4. The molecule has 0 aliphatic carbocycles. The van der Waals surface area contributed by atoms with Gasteiger partial charge in [-0.05, 0) is 54.3 Å². The first kappa shape index (κ1) is 23.7. The Morgan fingerprint density at radius 2 is 1.58 bits per heavy atom. The quantitative estimate of drug-likeness (QED) is 0.511. The summed E-state index contributed by atoms with van der Waals surface area (Å²) in [5.74, 6) is 0.646. The molecule has 0 unspecified atom stereocenters. The number of anilines is 1. The van der Waals surface area contributed by atoms with Crippen LogP contribution in [0.25, 0.3) is 11.1 Å². The van der Waals surface area contributed by atoms with Crippen molar-refractivity contribution in [3.63, 3.8) is 0 Å². The van der Waals surface area contributed by atoms with Gasteiger partial charge in [-0.1, -0.05) is 30.3 Å². The highest BCUT2D eigenvalue weighted by molar-refractivity contribution is 6.01. The molecule has 3 aromatic rings. The molecule has 0 radical (unpaired) electrons. The van der Waals surface area contributed by atoms with E-state index < -0.39 is 11.7 Å². The zero-order chi connectivity index (χ0) is 25.3. The van der Waals surface area contributed by atoms with E-state index in [0.717, 1.165) is 12.1 Å². The number of nitrogens with zero attached hydrogens (tertiary/aromatic N) is 1. The van der Waals surface area contributed by atoms with E-state index in [0.29, 0.717) is 59.8 Å². The number of likely N-dealkylation sites (tertiary alicyclic amines) is 1. The summed E-state index contributed by atoms with van der Waals surface area (Å²) in [6.07, 6.45) is -3.41. The minimum atomic E-state index is -4.42. The van der Waals surface area contributed by atoms with E-state index in [-0.39, 0.29) is 24.5 Å². The molecule has 0 saturated carbocycles. The van der Waals surface area contributed by atoms with Crippen LogP contribution in [-0.2, 0) is 11.0 Å². The Labute approximate surface area is 205 Å². The number of halogens is 3. The molecule has 2 aliphatic heterocycles. The van der Waals surface area contributed by atoms with E-state index >= 15 is 0 Å². The van der Waals surface area contributed by atoms with Gasteiger partial charge in [0.15, 0.2) is 11.5 Å². The van der Waals surface area contributed by atoms with Gasteiger partial charge in [-0.3, -0.25) is 9.59 Å². The molecule has 3 aromatic carbocycles. The van der Waals surface area contributed by atoms with Crippen molar-refractivity contribution in [1.82, 2.24) is 4.90 Å². The van der Waals surface area contributed by atoms with Gasteiger partial charge in [0.25, 0.3) is 5.91 Å². The Hall–Kier alpha value is -4.01. The zero-order valence-corrected chi connectivity index (χ0v) is 19.2. The molecule has 186 valence electrons. The Kier molecular flexibility index (Phi) is 6.30. The predicted octanol–water partition coefficient (Wildman–Crippen LogP) is 5.59. The number of hydrogen-bond donors (Lipinski definition) is 1. The number of ether oxygens (including phenoxy) is 2. The Balaban J connectivity index is 1.23. The molecule has 9 heteroatoms. The minimum absolute atomic E-state index is 0.119. The second-order valence-electron chi connectivity index (χ2n) is 8.74. The maximum Gasteiger partial charge on any atom is 0.416 e. The van der Waals surface area contributed by atoms with Crippen LogP contribution in [0.5, 0.6) is 11.5 Å². The van der Waals surface area contributed by atoms with E-state index in [9.17, 15) is 22.8 Å². The molecule has 1 fully saturated rings. The minimum Gasteiger partial charge on any atom is -0.454 e. The molecule has 2 aliphatic rings. The lowest BCUT2D eigenvalue weighted by Crippen LogP contribution is -2.41. The number of benzene rings is 3. The van der Waals surface area contributed by atoms with Gasteiger partial charge in [0.1, 0.15) is 0 Å². The van der Waals surface area contributed by atoms with Crippen molar-refractivity contribution in [1.29, 1.82) is 0 Å². The van der Waals surface area contributed by atoms with Crippen LogP contribution in [0, 0.1) is 5.92 Å². The molecule has 1 saturated heterocycles. The lowest BCUT2D eigenvalue weighted by Gasteiger charge is -2.32. The number of nitrogens with one attached hydrogen (secondary N) is 1. The summed E-state index contributed by atoms with van der Waals surface area (Å²) >= 11 is 0. The third-order valence-corrected chi connectivity index (χ3v) is 6.47. The Morgan fingerprint density at radius 3 is 2.31 bits per heavy atom. The molecular formula is C27H23F3N2O4. The monoisotopic (exact) mass is 496 g/mol. The maximum atomic E-state index is 13.3. The van der Waals surface area contributed by atoms with Crippen LogP contribution in [-0.4, -0.2) is 36.6 Å². The van der Waals surface area contributed by atoms with Crippen LogP contribution in [0.1, 0.15) is 28.8 Å². The summed E-state index contributed by atoms with van der Waals surface area (Å²) in [5, 5.41) is 2.90. The van der Waals surface area contributed by atoms with Crippen molar-refractivity contribution in [2.75, 3.05) is 25.2 Å². The number of fused-ring (bicyclic) bond motifs is 1. The highest BCUT2D eigenvalue weighted by atomic mass is 19.4. The third-order valence-electron chi connectivity index (χ3n) is 6.47. The fourth-order valence-corrected chi connectivity index (χ4v) is 4.49. The number of piperidine rings is 1. The first-order valence-corrected chi connectivity index (χ1v) is 11.6. The Bertz CT molecular complexity index is 1280. The molecule has 6 nitrogen and oxygen atoms in total. The number of hydrogen-bond acceptors (Lipinski definition) is 4. The van der Waals surface area contributed by atoms with Gasteiger partial charge in [0.2, 0.25) is 12.7 Å². The van der Waals surface area contributed by atoms with Crippen molar-refractivity contribution in [2.24, 2.45) is 5.92 Å². The van der Waals surface area contributed by atoms with Crippen LogP contribution < -0.4 is 14.8 Å².